The van der Waals surface area contributed by atoms with E-state index in [2.05, 4.69) is 75.9 Å². The SMILES string of the molecule is CCn1c(Cc2conc2-c2cccc(C)c2)nc2cc(Br)ccc21. The van der Waals surface area contributed by atoms with Crippen molar-refractivity contribution in [1.29, 1.82) is 0 Å². The van der Waals surface area contributed by atoms with E-state index in [-0.39, 0.29) is 0 Å². The maximum Gasteiger partial charge on any atom is 0.128 e. The van der Waals surface area contributed by atoms with Gasteiger partial charge in [0.25, 0.3) is 0 Å². The predicted molar refractivity (Wildman–Crippen MR) is 103 cm³/mol. The molecule has 2 aromatic carbocycles. The summed E-state index contributed by atoms with van der Waals surface area (Å²) in [6.45, 7) is 5.10. The summed E-state index contributed by atoms with van der Waals surface area (Å²) in [7, 11) is 0. The van der Waals surface area contributed by atoms with Gasteiger partial charge in [-0.3, -0.25) is 0 Å². The number of benzene rings is 2. The van der Waals surface area contributed by atoms with Gasteiger partial charge in [-0.25, -0.2) is 4.98 Å². The number of nitrogens with zero attached hydrogens (tertiary/aromatic N) is 3. The Morgan fingerprint density at radius 3 is 2.84 bits per heavy atom. The van der Waals surface area contributed by atoms with Crippen molar-refractivity contribution < 1.29 is 4.52 Å². The fourth-order valence-corrected chi connectivity index (χ4v) is 3.57. The zero-order valence-electron chi connectivity index (χ0n) is 14.2. The van der Waals surface area contributed by atoms with Crippen LogP contribution in [-0.4, -0.2) is 14.7 Å². The summed E-state index contributed by atoms with van der Waals surface area (Å²) in [5.41, 5.74) is 6.37. The highest BCUT2D eigenvalue weighted by Gasteiger charge is 2.16. The van der Waals surface area contributed by atoms with E-state index in [9.17, 15) is 0 Å². The maximum atomic E-state index is 5.28. The Labute approximate surface area is 154 Å². The number of fused-ring (bicyclic) bond motifs is 1. The molecule has 0 aliphatic heterocycles. The summed E-state index contributed by atoms with van der Waals surface area (Å²) < 4.78 is 8.57. The molecule has 0 atom stereocenters. The second kappa shape index (κ2) is 6.48. The molecule has 4 rings (SSSR count). The number of aromatic nitrogens is 3. The van der Waals surface area contributed by atoms with Crippen LogP contribution in [0, 0.1) is 6.92 Å². The molecule has 0 unspecified atom stereocenters. The van der Waals surface area contributed by atoms with Gasteiger partial charge in [0.05, 0.1) is 11.0 Å². The summed E-state index contributed by atoms with van der Waals surface area (Å²) in [4.78, 5) is 4.84. The molecule has 0 saturated heterocycles. The number of imidazole rings is 1. The first-order valence-electron chi connectivity index (χ1n) is 8.30. The van der Waals surface area contributed by atoms with Gasteiger partial charge in [-0.15, -0.1) is 0 Å². The van der Waals surface area contributed by atoms with Crippen LogP contribution in [0.1, 0.15) is 23.9 Å². The van der Waals surface area contributed by atoms with E-state index in [1.807, 2.05) is 6.07 Å². The highest BCUT2D eigenvalue weighted by atomic mass is 79.9. The van der Waals surface area contributed by atoms with Gasteiger partial charge in [0.15, 0.2) is 0 Å². The van der Waals surface area contributed by atoms with Crippen molar-refractivity contribution in [3.05, 3.63) is 70.2 Å². The second-order valence-electron chi connectivity index (χ2n) is 6.14. The molecule has 2 aromatic heterocycles. The van der Waals surface area contributed by atoms with Crippen molar-refractivity contribution in [2.24, 2.45) is 0 Å². The number of aryl methyl sites for hydroxylation is 2. The van der Waals surface area contributed by atoms with Crippen LogP contribution in [0.5, 0.6) is 0 Å². The van der Waals surface area contributed by atoms with Crippen molar-refractivity contribution in [1.82, 2.24) is 14.7 Å². The highest BCUT2D eigenvalue weighted by Crippen LogP contribution is 2.27. The smallest absolute Gasteiger partial charge is 0.128 e. The van der Waals surface area contributed by atoms with Crippen molar-refractivity contribution in [2.75, 3.05) is 0 Å². The monoisotopic (exact) mass is 395 g/mol. The van der Waals surface area contributed by atoms with E-state index in [1.54, 1.807) is 6.26 Å². The molecule has 0 radical (unpaired) electrons. The van der Waals surface area contributed by atoms with Crippen molar-refractivity contribution in [3.63, 3.8) is 0 Å². The van der Waals surface area contributed by atoms with E-state index >= 15 is 0 Å². The Hall–Kier alpha value is -2.40. The number of hydrogen-bond donors (Lipinski definition) is 0. The van der Waals surface area contributed by atoms with Gasteiger partial charge >= 0.3 is 0 Å². The zero-order chi connectivity index (χ0) is 17.4. The fourth-order valence-electron chi connectivity index (χ4n) is 3.22. The van der Waals surface area contributed by atoms with Gasteiger partial charge in [0.1, 0.15) is 17.8 Å². The third-order valence-electron chi connectivity index (χ3n) is 4.39. The second-order valence-corrected chi connectivity index (χ2v) is 7.06. The minimum absolute atomic E-state index is 0.687. The van der Waals surface area contributed by atoms with Crippen LogP contribution in [0.3, 0.4) is 0 Å². The highest BCUT2D eigenvalue weighted by molar-refractivity contribution is 9.10. The molecular formula is C20H18BrN3O. The van der Waals surface area contributed by atoms with Gasteiger partial charge in [-0.2, -0.15) is 0 Å². The molecule has 0 N–H and O–H groups in total. The average Bonchev–Trinajstić information content (AvgIpc) is 3.18. The average molecular weight is 396 g/mol. The quantitative estimate of drug-likeness (QED) is 0.466. The molecule has 4 nitrogen and oxygen atoms in total. The summed E-state index contributed by atoms with van der Waals surface area (Å²) in [6, 6.07) is 14.5. The van der Waals surface area contributed by atoms with Crippen molar-refractivity contribution >= 4 is 27.0 Å². The maximum absolute atomic E-state index is 5.28. The third-order valence-corrected chi connectivity index (χ3v) is 4.88. The van der Waals surface area contributed by atoms with E-state index in [0.717, 1.165) is 44.7 Å². The molecule has 126 valence electrons. The molecule has 25 heavy (non-hydrogen) atoms. The molecule has 0 amide bonds. The molecule has 0 saturated carbocycles. The first-order valence-corrected chi connectivity index (χ1v) is 9.10. The van der Waals surface area contributed by atoms with Gasteiger partial charge in [-0.05, 0) is 38.1 Å². The Kier molecular flexibility index (Phi) is 4.17. The summed E-state index contributed by atoms with van der Waals surface area (Å²) in [5, 5.41) is 4.23. The van der Waals surface area contributed by atoms with Crippen LogP contribution in [-0.2, 0) is 13.0 Å². The lowest BCUT2D eigenvalue weighted by Crippen LogP contribution is -2.03. The van der Waals surface area contributed by atoms with Crippen LogP contribution in [0.4, 0.5) is 0 Å². The van der Waals surface area contributed by atoms with Gasteiger partial charge in [-0.1, -0.05) is 44.8 Å². The van der Waals surface area contributed by atoms with E-state index in [4.69, 9.17) is 9.51 Å². The predicted octanol–water partition coefficient (Wildman–Crippen LogP) is 5.37. The first kappa shape index (κ1) is 16.1. The minimum Gasteiger partial charge on any atom is -0.364 e. The fraction of sp³-hybridized carbons (Fsp3) is 0.200. The van der Waals surface area contributed by atoms with Crippen molar-refractivity contribution in [3.8, 4) is 11.3 Å². The third kappa shape index (κ3) is 3.00. The van der Waals surface area contributed by atoms with Gasteiger partial charge in [0.2, 0.25) is 0 Å². The van der Waals surface area contributed by atoms with E-state index in [0.29, 0.717) is 6.42 Å². The lowest BCUT2D eigenvalue weighted by Gasteiger charge is -2.06. The summed E-state index contributed by atoms with van der Waals surface area (Å²) in [6.07, 6.45) is 2.42. The Bertz CT molecular complexity index is 1050. The van der Waals surface area contributed by atoms with Gasteiger partial charge in [0, 0.05) is 28.6 Å². The first-order chi connectivity index (χ1) is 12.2. The van der Waals surface area contributed by atoms with E-state index < -0.39 is 0 Å². The Morgan fingerprint density at radius 1 is 1.16 bits per heavy atom. The van der Waals surface area contributed by atoms with Crippen LogP contribution < -0.4 is 0 Å². The molecule has 0 spiro atoms. The molecule has 0 aliphatic carbocycles. The topological polar surface area (TPSA) is 43.9 Å². The Morgan fingerprint density at radius 2 is 2.04 bits per heavy atom. The number of rotatable bonds is 4. The lowest BCUT2D eigenvalue weighted by atomic mass is 10.0. The minimum atomic E-state index is 0.687. The van der Waals surface area contributed by atoms with Crippen LogP contribution in [0.2, 0.25) is 0 Å². The standard InChI is InChI=1S/C20H18BrN3O/c1-3-24-18-8-7-16(21)11-17(18)22-19(24)10-15-12-25-23-20(15)14-6-4-5-13(2)9-14/h4-9,11-12H,3,10H2,1-2H3. The zero-order valence-corrected chi connectivity index (χ0v) is 15.7. The summed E-state index contributed by atoms with van der Waals surface area (Å²) >= 11 is 3.52. The molecule has 0 fully saturated rings. The van der Waals surface area contributed by atoms with Crippen LogP contribution in [0.25, 0.3) is 22.3 Å². The molecular weight excluding hydrogens is 378 g/mol. The Balaban J connectivity index is 1.77. The number of halogens is 1. The van der Waals surface area contributed by atoms with Gasteiger partial charge < -0.3 is 9.09 Å². The molecule has 0 aliphatic rings. The van der Waals surface area contributed by atoms with Crippen LogP contribution >= 0.6 is 15.9 Å². The molecule has 2 heterocycles. The normalized spacial score (nSPS) is 11.3. The summed E-state index contributed by atoms with van der Waals surface area (Å²) in [5.74, 6) is 1.02. The van der Waals surface area contributed by atoms with E-state index in [1.165, 1.54) is 5.56 Å². The largest absolute Gasteiger partial charge is 0.364 e. The van der Waals surface area contributed by atoms with Crippen molar-refractivity contribution in [2.45, 2.75) is 26.8 Å². The molecule has 0 bridgehead atoms. The number of hydrogen-bond acceptors (Lipinski definition) is 3. The molecule has 4 aromatic rings. The lowest BCUT2D eigenvalue weighted by molar-refractivity contribution is 0.421. The van der Waals surface area contributed by atoms with Crippen LogP contribution in [0.15, 0.2) is 57.7 Å². The molecule has 5 heteroatoms.